The van der Waals surface area contributed by atoms with Crippen LogP contribution < -0.4 is 0 Å². The van der Waals surface area contributed by atoms with E-state index >= 15 is 0 Å². The molecule has 1 aliphatic heterocycles. The van der Waals surface area contributed by atoms with Gasteiger partial charge in [-0.2, -0.15) is 0 Å². The number of rotatable bonds is 7. The Morgan fingerprint density at radius 2 is 1.69 bits per heavy atom. The van der Waals surface area contributed by atoms with E-state index in [-0.39, 0.29) is 41.9 Å². The Morgan fingerprint density at radius 3 is 2.17 bits per heavy atom. The van der Waals surface area contributed by atoms with Crippen molar-refractivity contribution >= 4 is 17.3 Å². The smallest absolute Gasteiger partial charge is 0.176 e. The van der Waals surface area contributed by atoms with Gasteiger partial charge in [0.25, 0.3) is 0 Å². The molecule has 0 amide bonds. The van der Waals surface area contributed by atoms with Gasteiger partial charge in [0.05, 0.1) is 5.60 Å². The van der Waals surface area contributed by atoms with Gasteiger partial charge < -0.3 is 9.84 Å². The van der Waals surface area contributed by atoms with Gasteiger partial charge >= 0.3 is 0 Å². The maximum absolute atomic E-state index is 14.8. The van der Waals surface area contributed by atoms with E-state index in [2.05, 4.69) is 6.08 Å². The van der Waals surface area contributed by atoms with Gasteiger partial charge in [0, 0.05) is 17.9 Å². The number of ether oxygens (including phenoxy) is 1. The van der Waals surface area contributed by atoms with Crippen molar-refractivity contribution in [3.05, 3.63) is 34.6 Å². The number of carbonyl (C=O) groups excluding carboxylic acids is 3. The summed E-state index contributed by atoms with van der Waals surface area (Å²) in [4.78, 5) is 43.3. The molecule has 0 aromatic heterocycles. The minimum Gasteiger partial charge on any atom is -0.489 e. The Hall–Kier alpha value is -2.01. The Morgan fingerprint density at radius 1 is 1.11 bits per heavy atom. The molecule has 5 heteroatoms. The quantitative estimate of drug-likeness (QED) is 0.359. The second kappa shape index (κ2) is 8.83. The van der Waals surface area contributed by atoms with Gasteiger partial charge in [-0.25, -0.2) is 0 Å². The maximum Gasteiger partial charge on any atom is 0.176 e. The first kappa shape index (κ1) is 27.6. The number of ketones is 3. The standard InChI is InChI=1S/C30H44O5/c1-17(2)11-12-20-16-29(23(31)19(5)6)25-21(15-22(35-25)28(9,10)34)24(32)30(26(29)33,27(20,7)8)14-13-18(3)4/h11,13,19-20,22,34H,12,14-16H2,1-10H3/t20-,22+,29+,30+/m0/s1. The van der Waals surface area contributed by atoms with Crippen molar-refractivity contribution in [1.29, 1.82) is 0 Å². The SMILES string of the molecule is CC(C)=CC[C@H]1C[C@]2(C(=O)C(C)C)C(=O)[C@@](CC=C(C)C)(C(=O)C3=C2O[C@@H](C(C)(C)O)C3)C1(C)C. The van der Waals surface area contributed by atoms with E-state index in [9.17, 15) is 19.5 Å². The third-order valence-corrected chi connectivity index (χ3v) is 8.78. The monoisotopic (exact) mass is 484 g/mol. The van der Waals surface area contributed by atoms with E-state index in [1.807, 2.05) is 61.5 Å². The molecule has 0 unspecified atom stereocenters. The fourth-order valence-corrected chi connectivity index (χ4v) is 6.43. The van der Waals surface area contributed by atoms with Crippen LogP contribution in [0.4, 0.5) is 0 Å². The van der Waals surface area contributed by atoms with Crippen molar-refractivity contribution < 1.29 is 24.2 Å². The zero-order valence-corrected chi connectivity index (χ0v) is 23.3. The molecule has 3 rings (SSSR count). The highest BCUT2D eigenvalue weighted by atomic mass is 16.5. The average molecular weight is 485 g/mol. The van der Waals surface area contributed by atoms with Crippen LogP contribution in [0.1, 0.15) is 94.9 Å². The molecule has 0 radical (unpaired) electrons. The maximum atomic E-state index is 14.8. The number of hydrogen-bond donors (Lipinski definition) is 1. The second-order valence-electron chi connectivity index (χ2n) is 12.9. The van der Waals surface area contributed by atoms with Crippen LogP contribution in [0.15, 0.2) is 34.6 Å². The molecule has 4 atom stereocenters. The van der Waals surface area contributed by atoms with Gasteiger partial charge in [-0.15, -0.1) is 0 Å². The molecule has 0 aromatic carbocycles. The highest BCUT2D eigenvalue weighted by Gasteiger charge is 2.75. The largest absolute Gasteiger partial charge is 0.489 e. The van der Waals surface area contributed by atoms with E-state index in [4.69, 9.17) is 4.74 Å². The molecular formula is C30H44O5. The molecule has 2 bridgehead atoms. The number of carbonyl (C=O) groups is 3. The summed E-state index contributed by atoms with van der Waals surface area (Å²) in [7, 11) is 0. The first-order valence-electron chi connectivity index (χ1n) is 13.0. The van der Waals surface area contributed by atoms with Crippen LogP contribution in [0.3, 0.4) is 0 Å². The third-order valence-electron chi connectivity index (χ3n) is 8.78. The predicted octanol–water partition coefficient (Wildman–Crippen LogP) is 5.91. The number of allylic oxidation sites excluding steroid dienone is 5. The second-order valence-corrected chi connectivity index (χ2v) is 12.9. The fraction of sp³-hybridized carbons (Fsp3) is 0.700. The summed E-state index contributed by atoms with van der Waals surface area (Å²) in [5.41, 5.74) is -2.13. The molecule has 1 fully saturated rings. The molecule has 3 aliphatic rings. The van der Waals surface area contributed by atoms with E-state index in [0.29, 0.717) is 18.4 Å². The molecule has 35 heavy (non-hydrogen) atoms. The van der Waals surface area contributed by atoms with E-state index in [0.717, 1.165) is 11.1 Å². The molecule has 194 valence electrons. The summed E-state index contributed by atoms with van der Waals surface area (Å²) in [6.07, 6.45) is 4.92. The van der Waals surface area contributed by atoms with Crippen molar-refractivity contribution in [2.75, 3.05) is 0 Å². The number of Topliss-reactive ketones (excluding diaryl/α,β-unsaturated/α-hetero) is 3. The molecule has 1 saturated carbocycles. The normalized spacial score (nSPS) is 31.8. The van der Waals surface area contributed by atoms with Crippen LogP contribution in [-0.2, 0) is 19.1 Å². The van der Waals surface area contributed by atoms with Crippen molar-refractivity contribution in [2.24, 2.45) is 28.1 Å². The highest BCUT2D eigenvalue weighted by molar-refractivity contribution is 6.27. The molecule has 1 heterocycles. The number of hydrogen-bond acceptors (Lipinski definition) is 5. The lowest BCUT2D eigenvalue weighted by molar-refractivity contribution is -0.176. The van der Waals surface area contributed by atoms with Crippen LogP contribution in [0.5, 0.6) is 0 Å². The van der Waals surface area contributed by atoms with Gasteiger partial charge in [-0.1, -0.05) is 51.0 Å². The summed E-state index contributed by atoms with van der Waals surface area (Å²) in [5, 5.41) is 10.8. The molecule has 0 aromatic rings. The molecule has 5 nitrogen and oxygen atoms in total. The van der Waals surface area contributed by atoms with Crippen LogP contribution in [-0.4, -0.2) is 34.2 Å². The Labute approximate surface area is 211 Å². The first-order valence-corrected chi connectivity index (χ1v) is 13.0. The summed E-state index contributed by atoms with van der Waals surface area (Å²) < 4.78 is 6.28. The molecule has 0 spiro atoms. The molecule has 1 N–H and O–H groups in total. The zero-order valence-electron chi connectivity index (χ0n) is 23.3. The van der Waals surface area contributed by atoms with Crippen LogP contribution in [0.2, 0.25) is 0 Å². The minimum absolute atomic E-state index is 0.0776. The van der Waals surface area contributed by atoms with E-state index in [1.54, 1.807) is 13.8 Å². The van der Waals surface area contributed by atoms with Crippen molar-refractivity contribution in [3.8, 4) is 0 Å². The lowest BCUT2D eigenvalue weighted by Crippen LogP contribution is -2.68. The summed E-state index contributed by atoms with van der Waals surface area (Å²) in [6, 6.07) is 0. The average Bonchev–Trinajstić information content (AvgIpc) is 3.18. The topological polar surface area (TPSA) is 80.7 Å². The van der Waals surface area contributed by atoms with Gasteiger partial charge in [0.1, 0.15) is 22.7 Å². The van der Waals surface area contributed by atoms with E-state index < -0.39 is 33.9 Å². The number of aliphatic hydroxyl groups is 1. The van der Waals surface area contributed by atoms with Crippen LogP contribution in [0.25, 0.3) is 0 Å². The first-order chi connectivity index (χ1) is 15.9. The minimum atomic E-state index is -1.50. The van der Waals surface area contributed by atoms with E-state index in [1.165, 1.54) is 0 Å². The Bertz CT molecular complexity index is 1020. The number of fused-ring (bicyclic) bond motifs is 3. The van der Waals surface area contributed by atoms with Gasteiger partial charge in [0.2, 0.25) is 0 Å². The molecular weight excluding hydrogens is 440 g/mol. The lowest BCUT2D eigenvalue weighted by Gasteiger charge is -2.60. The van der Waals surface area contributed by atoms with Gasteiger partial charge in [-0.05, 0) is 72.1 Å². The highest BCUT2D eigenvalue weighted by Crippen LogP contribution is 2.67. The van der Waals surface area contributed by atoms with Crippen molar-refractivity contribution in [2.45, 2.75) is 107 Å². The van der Waals surface area contributed by atoms with Gasteiger partial charge in [-0.3, -0.25) is 14.4 Å². The van der Waals surface area contributed by atoms with Crippen LogP contribution >= 0.6 is 0 Å². The van der Waals surface area contributed by atoms with Gasteiger partial charge in [0.15, 0.2) is 17.3 Å². The third kappa shape index (κ3) is 3.98. The zero-order chi connectivity index (χ0) is 26.7. The summed E-state index contributed by atoms with van der Waals surface area (Å²) in [5.74, 6) is -0.967. The Balaban J connectivity index is 2.39. The molecule has 0 saturated heterocycles. The van der Waals surface area contributed by atoms with Crippen LogP contribution in [0, 0.1) is 28.1 Å². The lowest BCUT2D eigenvalue weighted by atomic mass is 9.39. The van der Waals surface area contributed by atoms with Crippen molar-refractivity contribution in [1.82, 2.24) is 0 Å². The predicted molar refractivity (Wildman–Crippen MR) is 138 cm³/mol. The summed E-state index contributed by atoms with van der Waals surface area (Å²) in [6.45, 7) is 19.0. The Kier molecular flexibility index (Phi) is 6.96. The molecule has 2 aliphatic carbocycles. The summed E-state index contributed by atoms with van der Waals surface area (Å²) >= 11 is 0. The van der Waals surface area contributed by atoms with Crippen molar-refractivity contribution in [3.63, 3.8) is 0 Å². The fourth-order valence-electron chi connectivity index (χ4n) is 6.43.